The van der Waals surface area contributed by atoms with E-state index < -0.39 is 0 Å². The van der Waals surface area contributed by atoms with Gasteiger partial charge in [0, 0.05) is 33.6 Å². The van der Waals surface area contributed by atoms with Crippen LogP contribution in [0.5, 0.6) is 0 Å². The lowest BCUT2D eigenvalue weighted by molar-refractivity contribution is 0.358. The van der Waals surface area contributed by atoms with Crippen LogP contribution in [-0.4, -0.2) is 20.2 Å². The topological polar surface area (TPSA) is 57.4 Å². The molecule has 2 aromatic carbocycles. The van der Waals surface area contributed by atoms with Crippen LogP contribution in [0.2, 0.25) is 0 Å². The highest BCUT2D eigenvalue weighted by Crippen LogP contribution is 2.36. The highest BCUT2D eigenvalue weighted by molar-refractivity contribution is 6.01. The number of aromatic nitrogens is 4. The number of halogens is 1. The Morgan fingerprint density at radius 3 is 2.64 bits per heavy atom. The zero-order valence-corrected chi connectivity index (χ0v) is 22.3. The van der Waals surface area contributed by atoms with Gasteiger partial charge in [-0.3, -0.25) is 5.10 Å². The van der Waals surface area contributed by atoms with Crippen LogP contribution < -0.4 is 0 Å². The highest BCUT2D eigenvalue weighted by atomic mass is 19.1. The summed E-state index contributed by atoms with van der Waals surface area (Å²) >= 11 is 0. The summed E-state index contributed by atoms with van der Waals surface area (Å²) < 4.78 is 14.6. The molecule has 0 amide bonds. The van der Waals surface area contributed by atoms with E-state index in [4.69, 9.17) is 0 Å². The van der Waals surface area contributed by atoms with Crippen LogP contribution in [0, 0.1) is 11.7 Å². The summed E-state index contributed by atoms with van der Waals surface area (Å²) in [6.07, 6.45) is 16.0. The zero-order valence-electron chi connectivity index (χ0n) is 22.3. The van der Waals surface area contributed by atoms with Gasteiger partial charge >= 0.3 is 0 Å². The standard InChI is InChI=1S/C34H33FN4/c1-3-22(17-23-11-6-5-7-12-23)18-24(4-2)25-19-29-33(38-39-34(29)36-21-25)32-20-28-26(14-10-16-31(28)37-32)27-13-8-9-15-30(27)35/h3-4,8-10,13-16,18-21,23,37H,1,5-7,11-12,17H2,2H3,(H,36,38,39)/b22-18+,24-4+. The molecule has 39 heavy (non-hydrogen) atoms. The normalized spacial score (nSPS) is 15.3. The molecule has 3 aromatic heterocycles. The largest absolute Gasteiger partial charge is 0.353 e. The van der Waals surface area contributed by atoms with Gasteiger partial charge in [-0.1, -0.05) is 87.2 Å². The summed E-state index contributed by atoms with van der Waals surface area (Å²) in [5.41, 5.74) is 8.23. The Kier molecular flexibility index (Phi) is 6.97. The van der Waals surface area contributed by atoms with E-state index in [1.165, 1.54) is 43.7 Å². The Morgan fingerprint density at radius 2 is 1.85 bits per heavy atom. The maximum absolute atomic E-state index is 14.6. The van der Waals surface area contributed by atoms with E-state index in [1.54, 1.807) is 6.07 Å². The van der Waals surface area contributed by atoms with Crippen LogP contribution >= 0.6 is 0 Å². The van der Waals surface area contributed by atoms with Crippen molar-refractivity contribution in [3.05, 3.63) is 103 Å². The van der Waals surface area contributed by atoms with Gasteiger partial charge in [-0.15, -0.1) is 0 Å². The Balaban J connectivity index is 1.37. The summed E-state index contributed by atoms with van der Waals surface area (Å²) in [6, 6.07) is 17.0. The minimum atomic E-state index is -0.233. The van der Waals surface area contributed by atoms with Crippen molar-refractivity contribution in [1.29, 1.82) is 0 Å². The van der Waals surface area contributed by atoms with Crippen LogP contribution in [0.1, 0.15) is 51.0 Å². The number of H-pyrrole nitrogens is 2. The van der Waals surface area contributed by atoms with Crippen LogP contribution in [-0.2, 0) is 0 Å². The number of rotatable bonds is 7. The second kappa shape index (κ2) is 10.9. The molecular weight excluding hydrogens is 483 g/mol. The maximum atomic E-state index is 14.6. The van der Waals surface area contributed by atoms with Crippen molar-refractivity contribution in [2.24, 2.45) is 5.92 Å². The van der Waals surface area contributed by atoms with Crippen molar-refractivity contribution in [1.82, 2.24) is 20.2 Å². The van der Waals surface area contributed by atoms with E-state index >= 15 is 0 Å². The maximum Gasteiger partial charge on any atom is 0.181 e. The van der Waals surface area contributed by atoms with Gasteiger partial charge in [0.2, 0.25) is 0 Å². The fraction of sp³-hybridized carbons (Fsp3) is 0.235. The Hall–Kier alpha value is -4.25. The monoisotopic (exact) mass is 516 g/mol. The van der Waals surface area contributed by atoms with E-state index in [0.29, 0.717) is 11.2 Å². The third kappa shape index (κ3) is 4.97. The summed E-state index contributed by atoms with van der Waals surface area (Å²) in [6.45, 7) is 6.17. The molecule has 6 rings (SSSR count). The molecule has 5 aromatic rings. The quantitative estimate of drug-likeness (QED) is 0.212. The van der Waals surface area contributed by atoms with Gasteiger partial charge in [-0.25, -0.2) is 9.37 Å². The highest BCUT2D eigenvalue weighted by Gasteiger charge is 2.17. The van der Waals surface area contributed by atoms with Crippen LogP contribution in [0.25, 0.3) is 50.0 Å². The number of nitrogens with zero attached hydrogens (tertiary/aromatic N) is 2. The van der Waals surface area contributed by atoms with E-state index in [-0.39, 0.29) is 5.82 Å². The molecule has 0 spiro atoms. The average molecular weight is 517 g/mol. The van der Waals surface area contributed by atoms with Crippen molar-refractivity contribution in [2.45, 2.75) is 45.4 Å². The molecule has 5 heteroatoms. The molecule has 0 bridgehead atoms. The number of hydrogen-bond acceptors (Lipinski definition) is 2. The fourth-order valence-electron chi connectivity index (χ4n) is 5.93. The van der Waals surface area contributed by atoms with Crippen molar-refractivity contribution in [3.8, 4) is 22.5 Å². The first-order chi connectivity index (χ1) is 19.1. The number of pyridine rings is 1. The number of fused-ring (bicyclic) bond motifs is 2. The van der Waals surface area contributed by atoms with Crippen LogP contribution in [0.3, 0.4) is 0 Å². The minimum Gasteiger partial charge on any atom is -0.353 e. The molecule has 3 heterocycles. The SMILES string of the molecule is C=C/C(=C\C(=C/C)c1cnc2n[nH]c(-c3cc4c(-c5ccccc5F)cccc4[nH]3)c2c1)CC1CCCCC1. The molecular formula is C34H33FN4. The Labute approximate surface area is 228 Å². The predicted molar refractivity (Wildman–Crippen MR) is 160 cm³/mol. The molecule has 2 N–H and O–H groups in total. The average Bonchev–Trinajstić information content (AvgIpc) is 3.60. The summed E-state index contributed by atoms with van der Waals surface area (Å²) in [7, 11) is 0. The van der Waals surface area contributed by atoms with E-state index in [0.717, 1.165) is 56.7 Å². The lowest BCUT2D eigenvalue weighted by Crippen LogP contribution is -2.06. The molecule has 1 fully saturated rings. The second-order valence-electron chi connectivity index (χ2n) is 10.5. The minimum absolute atomic E-state index is 0.233. The first-order valence-corrected chi connectivity index (χ1v) is 13.9. The third-order valence-corrected chi connectivity index (χ3v) is 8.00. The van der Waals surface area contributed by atoms with Crippen molar-refractivity contribution < 1.29 is 4.39 Å². The zero-order chi connectivity index (χ0) is 26.8. The Morgan fingerprint density at radius 1 is 1.03 bits per heavy atom. The fourth-order valence-corrected chi connectivity index (χ4v) is 5.93. The van der Waals surface area contributed by atoms with Crippen molar-refractivity contribution in [3.63, 3.8) is 0 Å². The number of allylic oxidation sites excluding steroid dienone is 5. The number of nitrogens with one attached hydrogen (secondary N) is 2. The molecule has 1 aliphatic carbocycles. The van der Waals surface area contributed by atoms with E-state index in [1.807, 2.05) is 42.6 Å². The first-order valence-electron chi connectivity index (χ1n) is 13.9. The first kappa shape index (κ1) is 25.1. The predicted octanol–water partition coefficient (Wildman–Crippen LogP) is 9.40. The lowest BCUT2D eigenvalue weighted by Gasteiger charge is -2.22. The number of benzene rings is 2. The molecule has 0 unspecified atom stereocenters. The third-order valence-electron chi connectivity index (χ3n) is 8.00. The van der Waals surface area contributed by atoms with Crippen LogP contribution in [0.15, 0.2) is 91.2 Å². The van der Waals surface area contributed by atoms with Gasteiger partial charge in [-0.2, -0.15) is 5.10 Å². The summed E-state index contributed by atoms with van der Waals surface area (Å²) in [4.78, 5) is 8.18. The van der Waals surface area contributed by atoms with E-state index in [9.17, 15) is 4.39 Å². The van der Waals surface area contributed by atoms with Crippen molar-refractivity contribution in [2.75, 3.05) is 0 Å². The van der Waals surface area contributed by atoms with Crippen molar-refractivity contribution >= 4 is 27.5 Å². The lowest BCUT2D eigenvalue weighted by atomic mass is 9.84. The number of hydrogen-bond donors (Lipinski definition) is 2. The molecule has 1 aliphatic rings. The Bertz CT molecular complexity index is 1710. The van der Waals surface area contributed by atoms with E-state index in [2.05, 4.69) is 58.0 Å². The summed E-state index contributed by atoms with van der Waals surface area (Å²) in [5.74, 6) is 0.515. The van der Waals surface area contributed by atoms with Gasteiger partial charge in [0.25, 0.3) is 0 Å². The summed E-state index contributed by atoms with van der Waals surface area (Å²) in [5, 5.41) is 9.55. The van der Waals surface area contributed by atoms with Gasteiger partial charge in [0.05, 0.1) is 11.4 Å². The van der Waals surface area contributed by atoms with Gasteiger partial charge in [-0.05, 0) is 60.2 Å². The smallest absolute Gasteiger partial charge is 0.181 e. The molecule has 0 radical (unpaired) electrons. The second-order valence-corrected chi connectivity index (χ2v) is 10.5. The molecule has 0 atom stereocenters. The molecule has 0 saturated heterocycles. The van der Waals surface area contributed by atoms with Gasteiger partial charge in [0.1, 0.15) is 5.82 Å². The molecule has 196 valence electrons. The number of aromatic amines is 2. The van der Waals surface area contributed by atoms with Gasteiger partial charge in [0.15, 0.2) is 5.65 Å². The molecule has 1 saturated carbocycles. The van der Waals surface area contributed by atoms with Crippen LogP contribution in [0.4, 0.5) is 4.39 Å². The molecule has 4 nitrogen and oxygen atoms in total. The molecule has 0 aliphatic heterocycles. The van der Waals surface area contributed by atoms with Gasteiger partial charge < -0.3 is 4.98 Å².